The number of hydrogen-bond donors (Lipinski definition) is 1. The van der Waals surface area contributed by atoms with Crippen LogP contribution in [0.25, 0.3) is 0 Å². The minimum absolute atomic E-state index is 0.116. The highest BCUT2D eigenvalue weighted by Crippen LogP contribution is 2.27. The summed E-state index contributed by atoms with van der Waals surface area (Å²) in [6.07, 6.45) is 0.827. The summed E-state index contributed by atoms with van der Waals surface area (Å²) in [5, 5.41) is 3.03. The third-order valence-corrected chi connectivity index (χ3v) is 5.77. The van der Waals surface area contributed by atoms with Crippen molar-refractivity contribution >= 4 is 23.2 Å². The zero-order valence-corrected chi connectivity index (χ0v) is 17.9. The van der Waals surface area contributed by atoms with Gasteiger partial charge in [0, 0.05) is 37.6 Å². The minimum Gasteiger partial charge on any atom is -0.368 e. The second-order valence-electron chi connectivity index (χ2n) is 8.16. The molecule has 0 radical (unpaired) electrons. The second-order valence-corrected chi connectivity index (χ2v) is 8.16. The van der Waals surface area contributed by atoms with Crippen LogP contribution < -0.4 is 10.2 Å². The molecule has 5 nitrogen and oxygen atoms in total. The van der Waals surface area contributed by atoms with E-state index in [1.807, 2.05) is 48.2 Å². The Balaban J connectivity index is 1.66. The summed E-state index contributed by atoms with van der Waals surface area (Å²) in [6.45, 7) is 10.3. The van der Waals surface area contributed by atoms with Gasteiger partial charge in [-0.25, -0.2) is 0 Å². The maximum absolute atomic E-state index is 13.2. The van der Waals surface area contributed by atoms with E-state index in [9.17, 15) is 9.59 Å². The van der Waals surface area contributed by atoms with Crippen molar-refractivity contribution in [2.24, 2.45) is 5.41 Å². The summed E-state index contributed by atoms with van der Waals surface area (Å²) in [5.41, 5.74) is 2.97. The molecule has 0 aromatic heterocycles. The van der Waals surface area contributed by atoms with Crippen LogP contribution in [-0.2, 0) is 16.0 Å². The van der Waals surface area contributed by atoms with Gasteiger partial charge in [-0.05, 0) is 50.5 Å². The van der Waals surface area contributed by atoms with Crippen LogP contribution in [0.3, 0.4) is 0 Å². The molecule has 1 fully saturated rings. The molecule has 0 saturated carbocycles. The van der Waals surface area contributed by atoms with Crippen LogP contribution in [0.4, 0.5) is 11.4 Å². The minimum atomic E-state index is -1.12. The molecule has 1 N–H and O–H groups in total. The molecule has 2 aromatic carbocycles. The Labute approximate surface area is 173 Å². The van der Waals surface area contributed by atoms with Crippen LogP contribution in [0.1, 0.15) is 31.9 Å². The Morgan fingerprint density at radius 3 is 2.24 bits per heavy atom. The zero-order chi connectivity index (χ0) is 21.0. The smallest absolute Gasteiger partial charge is 0.239 e. The summed E-state index contributed by atoms with van der Waals surface area (Å²) >= 11 is 0. The number of hydrogen-bond acceptors (Lipinski definition) is 3. The van der Waals surface area contributed by atoms with Gasteiger partial charge in [0.1, 0.15) is 5.41 Å². The molecular formula is C24H31N3O2. The summed E-state index contributed by atoms with van der Waals surface area (Å²) in [4.78, 5) is 30.3. The molecule has 0 bridgehead atoms. The lowest BCUT2D eigenvalue weighted by Gasteiger charge is -2.39. The van der Waals surface area contributed by atoms with Crippen LogP contribution in [0.2, 0.25) is 0 Å². The van der Waals surface area contributed by atoms with E-state index in [1.165, 1.54) is 5.69 Å². The van der Waals surface area contributed by atoms with Gasteiger partial charge in [-0.3, -0.25) is 9.59 Å². The number of rotatable bonds is 5. The first-order chi connectivity index (χ1) is 13.8. The second kappa shape index (κ2) is 8.68. The number of anilines is 2. The molecule has 5 heteroatoms. The van der Waals surface area contributed by atoms with Gasteiger partial charge in [0.05, 0.1) is 0 Å². The zero-order valence-electron chi connectivity index (χ0n) is 17.9. The van der Waals surface area contributed by atoms with Crippen molar-refractivity contribution in [2.45, 2.75) is 34.1 Å². The van der Waals surface area contributed by atoms with Gasteiger partial charge in [0.2, 0.25) is 11.8 Å². The average Bonchev–Trinajstić information content (AvgIpc) is 2.75. The van der Waals surface area contributed by atoms with Crippen molar-refractivity contribution < 1.29 is 9.59 Å². The number of benzene rings is 2. The molecule has 1 saturated heterocycles. The lowest BCUT2D eigenvalue weighted by Crippen LogP contribution is -2.54. The van der Waals surface area contributed by atoms with Crippen molar-refractivity contribution in [3.63, 3.8) is 0 Å². The highest BCUT2D eigenvalue weighted by Gasteiger charge is 2.40. The predicted octanol–water partition coefficient (Wildman–Crippen LogP) is 3.87. The van der Waals surface area contributed by atoms with E-state index in [0.29, 0.717) is 13.1 Å². The highest BCUT2D eigenvalue weighted by molar-refractivity contribution is 6.10. The molecule has 2 amide bonds. The number of carbonyl (C=O) groups excluding carboxylic acids is 2. The summed E-state index contributed by atoms with van der Waals surface area (Å²) in [5.74, 6) is -0.369. The number of nitrogens with one attached hydrogen (secondary N) is 1. The number of aryl methyl sites for hydroxylation is 2. The molecule has 2 aromatic rings. The summed E-state index contributed by atoms with van der Waals surface area (Å²) < 4.78 is 0. The van der Waals surface area contributed by atoms with Crippen molar-refractivity contribution in [1.29, 1.82) is 0 Å². The van der Waals surface area contributed by atoms with Crippen LogP contribution in [0.15, 0.2) is 48.5 Å². The lowest BCUT2D eigenvalue weighted by atomic mass is 9.89. The van der Waals surface area contributed by atoms with Crippen LogP contribution in [0, 0.1) is 12.3 Å². The Morgan fingerprint density at radius 1 is 0.966 bits per heavy atom. The lowest BCUT2D eigenvalue weighted by molar-refractivity contribution is -0.146. The molecule has 1 aliphatic rings. The molecule has 0 unspecified atom stereocenters. The Kier molecular flexibility index (Phi) is 6.26. The third kappa shape index (κ3) is 4.44. The fourth-order valence-electron chi connectivity index (χ4n) is 3.77. The average molecular weight is 394 g/mol. The predicted molar refractivity (Wildman–Crippen MR) is 118 cm³/mol. The molecule has 29 heavy (non-hydrogen) atoms. The highest BCUT2D eigenvalue weighted by atomic mass is 16.2. The molecular weight excluding hydrogens is 362 g/mol. The fraction of sp³-hybridized carbons (Fsp3) is 0.417. The Hall–Kier alpha value is -2.82. The topological polar surface area (TPSA) is 52.7 Å². The third-order valence-electron chi connectivity index (χ3n) is 5.77. The quantitative estimate of drug-likeness (QED) is 0.785. The standard InChI is InChI=1S/C24H31N3O2/c1-5-19-11-9-10-18(2)21(19)25-22(28)24(3,4)23(29)27-16-14-26(15-17-27)20-12-7-6-8-13-20/h6-13H,5,14-17H2,1-4H3,(H,25,28). The van der Waals surface area contributed by atoms with Crippen LogP contribution in [0.5, 0.6) is 0 Å². The van der Waals surface area contributed by atoms with E-state index in [1.54, 1.807) is 13.8 Å². The van der Waals surface area contributed by atoms with Crippen molar-refractivity contribution in [1.82, 2.24) is 4.90 Å². The number of nitrogens with zero attached hydrogens (tertiary/aromatic N) is 2. The van der Waals surface area contributed by atoms with E-state index in [4.69, 9.17) is 0 Å². The van der Waals surface area contributed by atoms with Crippen molar-refractivity contribution in [2.75, 3.05) is 36.4 Å². The first kappa shape index (κ1) is 20.9. The van der Waals surface area contributed by atoms with Gasteiger partial charge < -0.3 is 15.1 Å². The molecule has 154 valence electrons. The first-order valence-corrected chi connectivity index (χ1v) is 10.3. The van der Waals surface area contributed by atoms with Crippen LogP contribution >= 0.6 is 0 Å². The molecule has 3 rings (SSSR count). The Bertz CT molecular complexity index is 869. The van der Waals surface area contributed by atoms with Gasteiger partial charge in [-0.1, -0.05) is 43.3 Å². The molecule has 0 atom stereocenters. The first-order valence-electron chi connectivity index (χ1n) is 10.3. The van der Waals surface area contributed by atoms with Crippen molar-refractivity contribution in [3.05, 3.63) is 59.7 Å². The number of para-hydroxylation sites is 2. The van der Waals surface area contributed by atoms with Gasteiger partial charge in [-0.15, -0.1) is 0 Å². The SMILES string of the molecule is CCc1cccc(C)c1NC(=O)C(C)(C)C(=O)N1CCN(c2ccccc2)CC1. The number of piperazine rings is 1. The fourth-order valence-corrected chi connectivity index (χ4v) is 3.77. The maximum atomic E-state index is 13.2. The van der Waals surface area contributed by atoms with Crippen LogP contribution in [-0.4, -0.2) is 42.9 Å². The van der Waals surface area contributed by atoms with E-state index in [2.05, 4.69) is 29.3 Å². The van der Waals surface area contributed by atoms with E-state index < -0.39 is 5.41 Å². The molecule has 0 spiro atoms. The number of carbonyl (C=O) groups is 2. The molecule has 1 aliphatic heterocycles. The van der Waals surface area contributed by atoms with Gasteiger partial charge in [0.25, 0.3) is 0 Å². The largest absolute Gasteiger partial charge is 0.368 e. The number of amides is 2. The van der Waals surface area contributed by atoms with Crippen molar-refractivity contribution in [3.8, 4) is 0 Å². The monoisotopic (exact) mass is 393 g/mol. The molecule has 0 aliphatic carbocycles. The summed E-state index contributed by atoms with van der Waals surface area (Å²) in [7, 11) is 0. The normalized spacial score (nSPS) is 14.6. The van der Waals surface area contributed by atoms with Gasteiger partial charge >= 0.3 is 0 Å². The maximum Gasteiger partial charge on any atom is 0.239 e. The van der Waals surface area contributed by atoms with E-state index >= 15 is 0 Å². The summed E-state index contributed by atoms with van der Waals surface area (Å²) in [6, 6.07) is 16.2. The van der Waals surface area contributed by atoms with Gasteiger partial charge in [0.15, 0.2) is 0 Å². The Morgan fingerprint density at radius 2 is 1.62 bits per heavy atom. The van der Waals surface area contributed by atoms with E-state index in [-0.39, 0.29) is 11.8 Å². The van der Waals surface area contributed by atoms with E-state index in [0.717, 1.165) is 36.3 Å². The molecule has 1 heterocycles. The van der Waals surface area contributed by atoms with Gasteiger partial charge in [-0.2, -0.15) is 0 Å².